The molecule has 1 fully saturated rings. The summed E-state index contributed by atoms with van der Waals surface area (Å²) in [5, 5.41) is 7.30. The highest BCUT2D eigenvalue weighted by atomic mass is 35.5. The van der Waals surface area contributed by atoms with Gasteiger partial charge in [0.05, 0.1) is 0 Å². The van der Waals surface area contributed by atoms with Gasteiger partial charge in [-0.15, -0.1) is 0 Å². The van der Waals surface area contributed by atoms with Crippen molar-refractivity contribution >= 4 is 17.6 Å². The second kappa shape index (κ2) is 11.8. The molecule has 1 aliphatic heterocycles. The summed E-state index contributed by atoms with van der Waals surface area (Å²) >= 11 is 5.83. The van der Waals surface area contributed by atoms with Crippen LogP contribution in [-0.2, 0) is 19.5 Å². The topological polar surface area (TPSA) is 52.6 Å². The van der Waals surface area contributed by atoms with Crippen LogP contribution in [0.15, 0.2) is 47.6 Å². The molecule has 3 rings (SSSR count). The first kappa shape index (κ1) is 21.6. The standard InChI is InChI=1S/C23H32ClN5/c1-25-23(26-12-11-19-9-10-22(24)27-16-19)28-17-20-7-6-8-21(15-20)18-29-13-4-2-3-5-14-29/h6-10,15-16H,2-5,11-14,17-18H2,1H3,(H2,25,26,28). The second-order valence-corrected chi connectivity index (χ2v) is 7.99. The Hall–Kier alpha value is -2.11. The number of halogens is 1. The van der Waals surface area contributed by atoms with Crippen molar-refractivity contribution in [1.82, 2.24) is 20.5 Å². The van der Waals surface area contributed by atoms with Gasteiger partial charge in [0, 0.05) is 32.9 Å². The number of guanidine groups is 1. The smallest absolute Gasteiger partial charge is 0.191 e. The zero-order valence-electron chi connectivity index (χ0n) is 17.3. The van der Waals surface area contributed by atoms with Crippen molar-refractivity contribution < 1.29 is 0 Å². The predicted molar refractivity (Wildman–Crippen MR) is 121 cm³/mol. The summed E-state index contributed by atoms with van der Waals surface area (Å²) in [5.74, 6) is 0.810. The molecule has 0 unspecified atom stereocenters. The van der Waals surface area contributed by atoms with Crippen LogP contribution in [-0.4, -0.2) is 42.5 Å². The van der Waals surface area contributed by atoms with Gasteiger partial charge in [0.1, 0.15) is 5.15 Å². The molecule has 156 valence electrons. The minimum Gasteiger partial charge on any atom is -0.356 e. The van der Waals surface area contributed by atoms with Crippen LogP contribution in [0, 0.1) is 0 Å². The first-order valence-corrected chi connectivity index (χ1v) is 11.0. The summed E-state index contributed by atoms with van der Waals surface area (Å²) in [5.41, 5.74) is 3.82. The van der Waals surface area contributed by atoms with Crippen LogP contribution in [0.2, 0.25) is 5.15 Å². The molecule has 1 aliphatic rings. The Balaban J connectivity index is 1.44. The lowest BCUT2D eigenvalue weighted by Crippen LogP contribution is -2.37. The highest BCUT2D eigenvalue weighted by molar-refractivity contribution is 6.29. The van der Waals surface area contributed by atoms with Crippen LogP contribution in [0.1, 0.15) is 42.4 Å². The Morgan fingerprint density at radius 1 is 1.03 bits per heavy atom. The molecule has 0 radical (unpaired) electrons. The largest absolute Gasteiger partial charge is 0.356 e. The molecule has 1 saturated heterocycles. The molecular formula is C23H32ClN5. The van der Waals surface area contributed by atoms with Crippen LogP contribution in [0.3, 0.4) is 0 Å². The van der Waals surface area contributed by atoms with Crippen molar-refractivity contribution in [2.45, 2.75) is 45.2 Å². The van der Waals surface area contributed by atoms with Gasteiger partial charge >= 0.3 is 0 Å². The fraction of sp³-hybridized carbons (Fsp3) is 0.478. The average molecular weight is 414 g/mol. The van der Waals surface area contributed by atoms with Gasteiger partial charge in [0.25, 0.3) is 0 Å². The molecule has 1 aromatic heterocycles. The molecule has 0 amide bonds. The van der Waals surface area contributed by atoms with Crippen LogP contribution >= 0.6 is 11.6 Å². The molecule has 0 spiro atoms. The number of hydrogen-bond donors (Lipinski definition) is 2. The monoisotopic (exact) mass is 413 g/mol. The SMILES string of the molecule is CN=C(NCCc1ccc(Cl)nc1)NCc1cccc(CN2CCCCCC2)c1. The van der Waals surface area contributed by atoms with Crippen LogP contribution in [0.4, 0.5) is 0 Å². The van der Waals surface area contributed by atoms with Crippen molar-refractivity contribution in [2.75, 3.05) is 26.7 Å². The normalized spacial score (nSPS) is 15.7. The van der Waals surface area contributed by atoms with Crippen molar-refractivity contribution in [2.24, 2.45) is 4.99 Å². The Morgan fingerprint density at radius 2 is 1.83 bits per heavy atom. The first-order chi connectivity index (χ1) is 14.2. The van der Waals surface area contributed by atoms with Crippen LogP contribution < -0.4 is 10.6 Å². The molecule has 2 aromatic rings. The third-order valence-electron chi connectivity index (χ3n) is 5.27. The molecule has 6 heteroatoms. The number of aromatic nitrogens is 1. The third-order valence-corrected chi connectivity index (χ3v) is 5.50. The van der Waals surface area contributed by atoms with Crippen molar-refractivity contribution in [3.05, 3.63) is 64.4 Å². The molecule has 1 aromatic carbocycles. The van der Waals surface area contributed by atoms with Gasteiger partial charge in [0.2, 0.25) is 0 Å². The van der Waals surface area contributed by atoms with E-state index in [1.54, 1.807) is 7.05 Å². The fourth-order valence-electron chi connectivity index (χ4n) is 3.68. The van der Waals surface area contributed by atoms with Gasteiger partial charge in [-0.25, -0.2) is 4.98 Å². The van der Waals surface area contributed by atoms with Gasteiger partial charge in [-0.2, -0.15) is 0 Å². The number of nitrogens with zero attached hydrogens (tertiary/aromatic N) is 3. The number of pyridine rings is 1. The maximum atomic E-state index is 5.83. The minimum absolute atomic E-state index is 0.525. The lowest BCUT2D eigenvalue weighted by atomic mass is 10.1. The van der Waals surface area contributed by atoms with E-state index < -0.39 is 0 Å². The van der Waals surface area contributed by atoms with E-state index in [0.717, 1.165) is 37.6 Å². The number of benzene rings is 1. The molecule has 2 N–H and O–H groups in total. The summed E-state index contributed by atoms with van der Waals surface area (Å²) in [7, 11) is 1.80. The zero-order valence-corrected chi connectivity index (χ0v) is 18.1. The van der Waals surface area contributed by atoms with E-state index in [-0.39, 0.29) is 0 Å². The summed E-state index contributed by atoms with van der Waals surface area (Å²) in [6, 6.07) is 12.7. The van der Waals surface area contributed by atoms with E-state index in [1.165, 1.54) is 49.9 Å². The average Bonchev–Trinajstić information content (AvgIpc) is 3.01. The van der Waals surface area contributed by atoms with E-state index in [9.17, 15) is 0 Å². The molecule has 29 heavy (non-hydrogen) atoms. The number of aliphatic imine (C=N–C) groups is 1. The maximum absolute atomic E-state index is 5.83. The van der Waals surface area contributed by atoms with E-state index in [4.69, 9.17) is 11.6 Å². The molecule has 2 heterocycles. The molecular weight excluding hydrogens is 382 g/mol. The summed E-state index contributed by atoms with van der Waals surface area (Å²) < 4.78 is 0. The lowest BCUT2D eigenvalue weighted by molar-refractivity contribution is 0.277. The van der Waals surface area contributed by atoms with Crippen molar-refractivity contribution in [1.29, 1.82) is 0 Å². The zero-order chi connectivity index (χ0) is 20.3. The van der Waals surface area contributed by atoms with E-state index in [2.05, 4.69) is 49.8 Å². The fourth-order valence-corrected chi connectivity index (χ4v) is 3.79. The highest BCUT2D eigenvalue weighted by Gasteiger charge is 2.09. The van der Waals surface area contributed by atoms with Crippen molar-refractivity contribution in [3.8, 4) is 0 Å². The number of nitrogens with one attached hydrogen (secondary N) is 2. The van der Waals surface area contributed by atoms with Gasteiger partial charge in [-0.1, -0.05) is 54.8 Å². The van der Waals surface area contributed by atoms with Gasteiger partial charge in [-0.05, 0) is 55.1 Å². The molecule has 0 atom stereocenters. The summed E-state index contributed by atoms with van der Waals surface area (Å²) in [6.07, 6.45) is 8.10. The predicted octanol–water partition coefficient (Wildman–Crippen LogP) is 4.02. The maximum Gasteiger partial charge on any atom is 0.191 e. The van der Waals surface area contributed by atoms with Crippen molar-refractivity contribution in [3.63, 3.8) is 0 Å². The van der Waals surface area contributed by atoms with Crippen LogP contribution in [0.5, 0.6) is 0 Å². The number of likely N-dealkylation sites (tertiary alicyclic amines) is 1. The Kier molecular flexibility index (Phi) is 8.78. The highest BCUT2D eigenvalue weighted by Crippen LogP contribution is 2.14. The Morgan fingerprint density at radius 3 is 2.55 bits per heavy atom. The van der Waals surface area contributed by atoms with E-state index in [1.807, 2.05) is 18.3 Å². The van der Waals surface area contributed by atoms with E-state index >= 15 is 0 Å². The molecule has 5 nitrogen and oxygen atoms in total. The lowest BCUT2D eigenvalue weighted by Gasteiger charge is -2.20. The number of hydrogen-bond acceptors (Lipinski definition) is 3. The second-order valence-electron chi connectivity index (χ2n) is 7.60. The minimum atomic E-state index is 0.525. The third kappa shape index (κ3) is 7.67. The van der Waals surface area contributed by atoms with E-state index in [0.29, 0.717) is 5.15 Å². The quantitative estimate of drug-likeness (QED) is 0.409. The number of rotatable bonds is 7. The first-order valence-electron chi connectivity index (χ1n) is 10.6. The summed E-state index contributed by atoms with van der Waals surface area (Å²) in [6.45, 7) is 5.05. The molecule has 0 aliphatic carbocycles. The molecule has 0 bridgehead atoms. The molecule has 0 saturated carbocycles. The van der Waals surface area contributed by atoms with Gasteiger partial charge < -0.3 is 10.6 Å². The Labute approximate surface area is 179 Å². The summed E-state index contributed by atoms with van der Waals surface area (Å²) in [4.78, 5) is 11.0. The van der Waals surface area contributed by atoms with Gasteiger partial charge in [0.15, 0.2) is 5.96 Å². The van der Waals surface area contributed by atoms with Gasteiger partial charge in [-0.3, -0.25) is 9.89 Å². The Bertz CT molecular complexity index is 767. The van der Waals surface area contributed by atoms with Crippen LogP contribution in [0.25, 0.3) is 0 Å².